The summed E-state index contributed by atoms with van der Waals surface area (Å²) in [5, 5.41) is 5.55. The zero-order chi connectivity index (χ0) is 31.7. The summed E-state index contributed by atoms with van der Waals surface area (Å²) < 4.78 is 64.6. The van der Waals surface area contributed by atoms with Crippen LogP contribution < -0.4 is 15.4 Å². The number of pyridine rings is 1. The molecule has 45 heavy (non-hydrogen) atoms. The highest BCUT2D eigenvalue weighted by Crippen LogP contribution is 2.54. The van der Waals surface area contributed by atoms with Crippen LogP contribution in [-0.2, 0) is 15.7 Å². The lowest BCUT2D eigenvalue weighted by Crippen LogP contribution is -2.67. The number of likely N-dealkylation sites (tertiary alicyclic amines) is 1. The van der Waals surface area contributed by atoms with Crippen molar-refractivity contribution < 1.29 is 41.4 Å². The Kier molecular flexibility index (Phi) is 7.14. The monoisotopic (exact) mass is 628 g/mol. The van der Waals surface area contributed by atoms with Crippen molar-refractivity contribution in [2.75, 3.05) is 38.7 Å². The third kappa shape index (κ3) is 5.34. The number of anilines is 1. The van der Waals surface area contributed by atoms with Crippen LogP contribution in [0.4, 0.5) is 23.2 Å². The van der Waals surface area contributed by atoms with Crippen molar-refractivity contribution in [2.45, 2.75) is 37.9 Å². The second-order valence-electron chi connectivity index (χ2n) is 12.9. The van der Waals surface area contributed by atoms with E-state index in [1.807, 2.05) is 0 Å². The summed E-state index contributed by atoms with van der Waals surface area (Å²) in [6, 6.07) is 3.10. The highest BCUT2D eigenvalue weighted by molar-refractivity contribution is 6.02. The number of nitrogens with zero attached hydrogens (tertiary/aromatic N) is 2. The summed E-state index contributed by atoms with van der Waals surface area (Å²) in [6.07, 6.45) is 2.14. The van der Waals surface area contributed by atoms with Crippen LogP contribution in [0.25, 0.3) is 0 Å². The molecule has 238 valence electrons. The Morgan fingerprint density at radius 1 is 1.09 bits per heavy atom. The Balaban J connectivity index is 1.14. The minimum absolute atomic E-state index is 0.0143. The molecule has 3 aliphatic carbocycles. The molecule has 3 heterocycles. The Morgan fingerprint density at radius 2 is 1.82 bits per heavy atom. The van der Waals surface area contributed by atoms with Gasteiger partial charge in [-0.2, -0.15) is 13.2 Å². The van der Waals surface area contributed by atoms with Crippen molar-refractivity contribution in [3.63, 3.8) is 0 Å². The molecule has 1 spiro atoms. The van der Waals surface area contributed by atoms with Crippen molar-refractivity contribution in [1.82, 2.24) is 15.2 Å². The smallest absolute Gasteiger partial charge is 0.419 e. The molecule has 3 amide bonds. The SMILES string of the molecule is COc1ncc(C(=O)N2CC3(COC3)C2)cc1C(=O)N[C@H]1[C@@H](C(=O)Nc2ccc(F)c(C(F)(F)F)c2)[C@H]2CC[C@@H]1/C2=C\C1CC1. The number of rotatable bonds is 7. The van der Waals surface area contributed by atoms with E-state index in [9.17, 15) is 31.9 Å². The van der Waals surface area contributed by atoms with E-state index in [2.05, 4.69) is 21.7 Å². The fraction of sp³-hybridized carbons (Fsp3) is 0.500. The van der Waals surface area contributed by atoms with E-state index in [1.165, 1.54) is 19.4 Å². The molecule has 2 bridgehead atoms. The van der Waals surface area contributed by atoms with Gasteiger partial charge in [0.1, 0.15) is 11.4 Å². The number of aromatic nitrogens is 1. The van der Waals surface area contributed by atoms with E-state index in [0.717, 1.165) is 30.9 Å². The Morgan fingerprint density at radius 3 is 2.47 bits per heavy atom. The lowest BCUT2D eigenvalue weighted by molar-refractivity contribution is -0.176. The maximum Gasteiger partial charge on any atom is 0.419 e. The second-order valence-corrected chi connectivity index (χ2v) is 12.9. The molecular weight excluding hydrogens is 596 g/mol. The average Bonchev–Trinajstić information content (AvgIpc) is 3.63. The zero-order valence-corrected chi connectivity index (χ0v) is 24.5. The van der Waals surface area contributed by atoms with Crippen LogP contribution in [0.3, 0.4) is 0 Å². The third-order valence-corrected chi connectivity index (χ3v) is 9.78. The number of ether oxygens (including phenoxy) is 2. The number of halogens is 4. The maximum absolute atomic E-state index is 13.9. The van der Waals surface area contributed by atoms with Crippen LogP contribution in [-0.4, -0.2) is 67.1 Å². The summed E-state index contributed by atoms with van der Waals surface area (Å²) >= 11 is 0. The van der Waals surface area contributed by atoms with E-state index >= 15 is 0 Å². The van der Waals surface area contributed by atoms with Gasteiger partial charge in [0, 0.05) is 36.9 Å². The molecule has 2 saturated heterocycles. The predicted octanol–water partition coefficient (Wildman–Crippen LogP) is 4.45. The summed E-state index contributed by atoms with van der Waals surface area (Å²) in [5.41, 5.74) is -0.304. The highest BCUT2D eigenvalue weighted by atomic mass is 19.4. The molecule has 1 aromatic carbocycles. The van der Waals surface area contributed by atoms with Crippen molar-refractivity contribution in [3.05, 3.63) is 64.6 Å². The first kappa shape index (κ1) is 29.7. The number of alkyl halides is 3. The van der Waals surface area contributed by atoms with Gasteiger partial charge in [0.25, 0.3) is 11.8 Å². The predicted molar refractivity (Wildman–Crippen MR) is 152 cm³/mol. The standard InChI is InChI=1S/C32H32F4N4O5/c1-44-29-22(9-17(11-37-29)30(43)40-12-31(13-40)14-45-15-31)27(41)39-26-20-6-5-19(21(20)8-16-2-3-16)25(26)28(42)38-18-4-7-24(33)23(10-18)32(34,35)36/h4,7-11,16,19-20,25-26H,2-3,5-6,12-15H2,1H3,(H,38,42)(H,39,41)/b21-8-/t19-,20+,25-,26+/m0/s1. The largest absolute Gasteiger partial charge is 0.480 e. The first-order valence-electron chi connectivity index (χ1n) is 15.1. The maximum atomic E-state index is 13.9. The van der Waals surface area contributed by atoms with E-state index < -0.39 is 41.3 Å². The van der Waals surface area contributed by atoms with Gasteiger partial charge in [0.05, 0.1) is 42.8 Å². The topological polar surface area (TPSA) is 110 Å². The lowest BCUT2D eigenvalue weighted by atomic mass is 9.78. The summed E-state index contributed by atoms with van der Waals surface area (Å²) in [4.78, 5) is 46.6. The molecule has 5 fully saturated rings. The number of hydrogen-bond acceptors (Lipinski definition) is 6. The molecule has 0 radical (unpaired) electrons. The number of carbonyl (C=O) groups excluding carboxylic acids is 3. The van der Waals surface area contributed by atoms with Gasteiger partial charge >= 0.3 is 6.18 Å². The molecule has 2 aliphatic heterocycles. The molecule has 2 aromatic rings. The molecule has 0 unspecified atom stereocenters. The third-order valence-electron chi connectivity index (χ3n) is 9.78. The number of fused-ring (bicyclic) bond motifs is 2. The number of allylic oxidation sites excluding steroid dienone is 1. The average molecular weight is 629 g/mol. The summed E-state index contributed by atoms with van der Waals surface area (Å²) in [7, 11) is 1.36. The van der Waals surface area contributed by atoms with Crippen molar-refractivity contribution in [2.24, 2.45) is 29.1 Å². The summed E-state index contributed by atoms with van der Waals surface area (Å²) in [5.74, 6) is -3.53. The Bertz CT molecular complexity index is 1590. The molecule has 7 rings (SSSR count). The van der Waals surface area contributed by atoms with Crippen molar-refractivity contribution in [3.8, 4) is 5.88 Å². The first-order valence-corrected chi connectivity index (χ1v) is 15.1. The van der Waals surface area contributed by atoms with Gasteiger partial charge in [-0.05, 0) is 61.8 Å². The van der Waals surface area contributed by atoms with Gasteiger partial charge in [-0.25, -0.2) is 9.37 Å². The van der Waals surface area contributed by atoms with E-state index in [1.54, 1.807) is 4.90 Å². The number of hydrogen-bond donors (Lipinski definition) is 2. The van der Waals surface area contributed by atoms with Crippen molar-refractivity contribution >= 4 is 23.4 Å². The number of methoxy groups -OCH3 is 1. The molecule has 3 saturated carbocycles. The van der Waals surface area contributed by atoms with Crippen LogP contribution in [0.15, 0.2) is 42.1 Å². The van der Waals surface area contributed by atoms with Crippen LogP contribution >= 0.6 is 0 Å². The van der Waals surface area contributed by atoms with E-state index in [-0.39, 0.29) is 45.9 Å². The number of carbonyl (C=O) groups is 3. The second kappa shape index (κ2) is 10.8. The minimum Gasteiger partial charge on any atom is -0.480 e. The van der Waals surface area contributed by atoms with Crippen LogP contribution in [0, 0.1) is 34.9 Å². The minimum atomic E-state index is -4.93. The van der Waals surface area contributed by atoms with Crippen molar-refractivity contribution in [1.29, 1.82) is 0 Å². The molecule has 1 aromatic heterocycles. The van der Waals surface area contributed by atoms with Crippen LogP contribution in [0.2, 0.25) is 0 Å². The van der Waals surface area contributed by atoms with E-state index in [4.69, 9.17) is 9.47 Å². The normalized spacial score (nSPS) is 27.2. The Labute approximate surface area is 256 Å². The zero-order valence-electron chi connectivity index (χ0n) is 24.5. The van der Waals surface area contributed by atoms with Crippen LogP contribution in [0.1, 0.15) is 52.0 Å². The van der Waals surface area contributed by atoms with Gasteiger partial charge in [-0.3, -0.25) is 14.4 Å². The molecule has 13 heteroatoms. The number of amides is 3. The fourth-order valence-electron chi connectivity index (χ4n) is 7.39. The molecular formula is C32H32F4N4O5. The van der Waals surface area contributed by atoms with E-state index in [0.29, 0.717) is 50.8 Å². The first-order chi connectivity index (χ1) is 21.5. The number of nitrogens with one attached hydrogen (secondary N) is 2. The fourth-order valence-corrected chi connectivity index (χ4v) is 7.39. The van der Waals surface area contributed by atoms with Gasteiger partial charge in [0.15, 0.2) is 0 Å². The molecule has 4 atom stereocenters. The van der Waals surface area contributed by atoms with Crippen LogP contribution in [0.5, 0.6) is 5.88 Å². The van der Waals surface area contributed by atoms with Gasteiger partial charge in [0.2, 0.25) is 11.8 Å². The van der Waals surface area contributed by atoms with Gasteiger partial charge < -0.3 is 25.0 Å². The molecule has 9 nitrogen and oxygen atoms in total. The van der Waals surface area contributed by atoms with Gasteiger partial charge in [-0.1, -0.05) is 11.6 Å². The molecule has 2 N–H and O–H groups in total. The highest BCUT2D eigenvalue weighted by Gasteiger charge is 2.55. The number of benzene rings is 1. The van der Waals surface area contributed by atoms with Gasteiger partial charge in [-0.15, -0.1) is 0 Å². The molecule has 5 aliphatic rings. The quantitative estimate of drug-likeness (QED) is 0.347. The lowest BCUT2D eigenvalue weighted by Gasteiger charge is -2.54. The summed E-state index contributed by atoms with van der Waals surface area (Å²) in [6.45, 7) is 2.36. The Hall–Kier alpha value is -4.00.